The molecule has 0 bridgehead atoms. The zero-order valence-electron chi connectivity index (χ0n) is 25.5. The molecular weight excluding hydrogens is 505 g/mol. The van der Waals surface area contributed by atoms with Crippen molar-refractivity contribution in [3.8, 4) is 0 Å². The van der Waals surface area contributed by atoms with Crippen molar-refractivity contribution in [2.45, 2.75) is 93.2 Å². The van der Waals surface area contributed by atoms with Gasteiger partial charge in [-0.3, -0.25) is 0 Å². The van der Waals surface area contributed by atoms with Gasteiger partial charge in [0.1, 0.15) is 0 Å². The highest BCUT2D eigenvalue weighted by Gasteiger charge is 2.28. The van der Waals surface area contributed by atoms with Crippen LogP contribution >= 0.6 is 0 Å². The van der Waals surface area contributed by atoms with Crippen molar-refractivity contribution < 1.29 is 18.3 Å². The Morgan fingerprint density at radius 1 is 0.579 bits per heavy atom. The molecule has 38 heavy (non-hydrogen) atoms. The van der Waals surface area contributed by atoms with Crippen molar-refractivity contribution in [1.29, 1.82) is 0 Å². The van der Waals surface area contributed by atoms with Crippen molar-refractivity contribution in [2.75, 3.05) is 13.2 Å². The number of benzene rings is 2. The minimum atomic E-state index is -1.13. The lowest BCUT2D eigenvalue weighted by Gasteiger charge is -2.33. The topological polar surface area (TPSA) is 36.9 Å². The van der Waals surface area contributed by atoms with E-state index in [0.29, 0.717) is 26.4 Å². The maximum Gasteiger partial charge on any atom is 0.171 e. The summed E-state index contributed by atoms with van der Waals surface area (Å²) < 4.78 is 24.3. The predicted molar refractivity (Wildman–Crippen MR) is 166 cm³/mol. The summed E-state index contributed by atoms with van der Waals surface area (Å²) >= 11 is 0. The van der Waals surface area contributed by atoms with Crippen molar-refractivity contribution >= 4 is 18.1 Å². The lowest BCUT2D eigenvalue weighted by Crippen LogP contribution is -2.25. The van der Waals surface area contributed by atoms with E-state index in [1.54, 1.807) is 0 Å². The third-order valence-corrected chi connectivity index (χ3v) is 7.72. The minimum absolute atomic E-state index is 0.0740. The third-order valence-electron chi connectivity index (χ3n) is 6.09. The quantitative estimate of drug-likeness (QED) is 0.134. The highest BCUT2D eigenvalue weighted by Crippen LogP contribution is 2.37. The van der Waals surface area contributed by atoms with Crippen LogP contribution in [0.15, 0.2) is 60.7 Å². The molecule has 0 fully saturated rings. The Morgan fingerprint density at radius 2 is 0.895 bits per heavy atom. The van der Waals surface area contributed by atoms with Gasteiger partial charge in [0, 0.05) is 0 Å². The normalized spacial score (nSPS) is 14.5. The molecule has 0 saturated heterocycles. The third kappa shape index (κ3) is 11.7. The number of hydrogen-bond acceptors (Lipinski definition) is 4. The van der Waals surface area contributed by atoms with Gasteiger partial charge in [0.25, 0.3) is 0 Å². The Labute approximate surface area is 236 Å². The lowest BCUT2D eigenvalue weighted by atomic mass is 9.84. The maximum atomic E-state index is 6.34. The monoisotopic (exact) mass is 556 g/mol. The van der Waals surface area contributed by atoms with Crippen LogP contribution in [-0.4, -0.2) is 31.3 Å². The van der Waals surface area contributed by atoms with E-state index in [0.717, 1.165) is 0 Å². The van der Waals surface area contributed by atoms with Crippen LogP contribution in [0.1, 0.15) is 76.0 Å². The molecule has 0 radical (unpaired) electrons. The Balaban J connectivity index is 1.72. The van der Waals surface area contributed by atoms with Gasteiger partial charge in [0.2, 0.25) is 0 Å². The highest BCUT2D eigenvalue weighted by molar-refractivity contribution is 6.48. The Hall–Kier alpha value is -1.55. The Morgan fingerprint density at radius 3 is 1.16 bits per heavy atom. The summed E-state index contributed by atoms with van der Waals surface area (Å²) in [6, 6.07) is 17.3. The van der Waals surface area contributed by atoms with Crippen LogP contribution in [0, 0.1) is 10.8 Å². The molecule has 0 saturated carbocycles. The molecular formula is C32H52O4Si2. The SMILES string of the molecule is C[SiH](C)OC(c1ccc(COCC=CCOCc2ccc(C(O[SiH](C)C)C(C)(C)C)cc2)cc1)C(C)(C)C. The van der Waals surface area contributed by atoms with Gasteiger partial charge in [-0.15, -0.1) is 0 Å². The van der Waals surface area contributed by atoms with Gasteiger partial charge in [0.05, 0.1) is 38.6 Å². The first kappa shape index (κ1) is 32.7. The van der Waals surface area contributed by atoms with E-state index in [9.17, 15) is 0 Å². The number of ether oxygens (including phenoxy) is 2. The molecule has 2 aromatic carbocycles. The van der Waals surface area contributed by atoms with Crippen LogP contribution in [0.3, 0.4) is 0 Å². The molecule has 0 aliphatic carbocycles. The standard InChI is InChI=1S/C32H52O4Si2/c1-31(2,3)29(35-37(7)8)27-17-13-25(14-18-27)23-33-21-11-12-22-34-24-26-15-19-28(20-16-26)30(32(4,5)6)36-38(9)10/h11-20,29-30,37-38H,21-24H2,1-10H3. The summed E-state index contributed by atoms with van der Waals surface area (Å²) in [7, 11) is -2.25. The predicted octanol–water partition coefficient (Wildman–Crippen LogP) is 8.15. The molecule has 0 heterocycles. The van der Waals surface area contributed by atoms with Crippen LogP contribution in [0.25, 0.3) is 0 Å². The van der Waals surface area contributed by atoms with Gasteiger partial charge in [-0.1, -0.05) is 102 Å². The molecule has 0 aromatic heterocycles. The minimum Gasteiger partial charge on any atom is -0.413 e. The van der Waals surface area contributed by atoms with E-state index >= 15 is 0 Å². The summed E-state index contributed by atoms with van der Waals surface area (Å²) in [5, 5.41) is 0. The van der Waals surface area contributed by atoms with Gasteiger partial charge in [-0.05, 0) is 59.3 Å². The maximum absolute atomic E-state index is 6.34. The fourth-order valence-electron chi connectivity index (χ4n) is 4.31. The fraction of sp³-hybridized carbons (Fsp3) is 0.562. The molecule has 212 valence electrons. The first-order valence-electron chi connectivity index (χ1n) is 14.1. The van der Waals surface area contributed by atoms with Crippen LogP contribution in [0.5, 0.6) is 0 Å². The Kier molecular flexibility index (Phi) is 13.1. The summed E-state index contributed by atoms with van der Waals surface area (Å²) in [4.78, 5) is 0. The smallest absolute Gasteiger partial charge is 0.171 e. The van der Waals surface area contributed by atoms with Crippen LogP contribution in [0.4, 0.5) is 0 Å². The second kappa shape index (κ2) is 15.3. The first-order valence-corrected chi connectivity index (χ1v) is 19.6. The number of hydrogen-bond donors (Lipinski definition) is 0. The van der Waals surface area contributed by atoms with E-state index in [2.05, 4.69) is 116 Å². The molecule has 0 spiro atoms. The number of rotatable bonds is 14. The fourth-order valence-corrected chi connectivity index (χ4v) is 6.53. The van der Waals surface area contributed by atoms with Crippen molar-refractivity contribution in [3.63, 3.8) is 0 Å². The lowest BCUT2D eigenvalue weighted by molar-refractivity contribution is 0.0865. The first-order chi connectivity index (χ1) is 17.8. The van der Waals surface area contributed by atoms with E-state index in [4.69, 9.17) is 18.3 Å². The van der Waals surface area contributed by atoms with Gasteiger partial charge in [-0.2, -0.15) is 0 Å². The molecule has 0 amide bonds. The van der Waals surface area contributed by atoms with Crippen LogP contribution < -0.4 is 0 Å². The van der Waals surface area contributed by atoms with E-state index < -0.39 is 18.1 Å². The average molecular weight is 557 g/mol. The van der Waals surface area contributed by atoms with Gasteiger partial charge in [0.15, 0.2) is 18.1 Å². The van der Waals surface area contributed by atoms with Gasteiger partial charge in [-0.25, -0.2) is 0 Å². The Bertz CT molecular complexity index is 875. The molecule has 2 unspecified atom stereocenters. The molecule has 4 nitrogen and oxygen atoms in total. The van der Waals surface area contributed by atoms with E-state index in [-0.39, 0.29) is 23.0 Å². The summed E-state index contributed by atoms with van der Waals surface area (Å²) in [5.74, 6) is 0. The molecule has 2 atom stereocenters. The van der Waals surface area contributed by atoms with Crippen LogP contribution in [-0.2, 0) is 31.5 Å². The summed E-state index contributed by atoms with van der Waals surface area (Å²) in [6.45, 7) is 24.7. The van der Waals surface area contributed by atoms with Crippen molar-refractivity contribution in [2.24, 2.45) is 10.8 Å². The molecule has 0 N–H and O–H groups in total. The second-order valence-corrected chi connectivity index (χ2v) is 17.6. The highest BCUT2D eigenvalue weighted by atomic mass is 28.3. The second-order valence-electron chi connectivity index (χ2n) is 12.8. The van der Waals surface area contributed by atoms with Crippen molar-refractivity contribution in [1.82, 2.24) is 0 Å². The molecule has 6 heteroatoms. The molecule has 0 aliphatic rings. The van der Waals surface area contributed by atoms with E-state index in [1.165, 1.54) is 22.3 Å². The van der Waals surface area contributed by atoms with Gasteiger partial charge >= 0.3 is 0 Å². The summed E-state index contributed by atoms with van der Waals surface area (Å²) in [6.07, 6.45) is 4.31. The molecule has 2 rings (SSSR count). The molecule has 2 aromatic rings. The molecule has 0 aliphatic heterocycles. The largest absolute Gasteiger partial charge is 0.413 e. The van der Waals surface area contributed by atoms with E-state index in [1.807, 2.05) is 12.2 Å². The van der Waals surface area contributed by atoms with Crippen LogP contribution in [0.2, 0.25) is 26.2 Å². The zero-order valence-corrected chi connectivity index (χ0v) is 27.9. The average Bonchev–Trinajstić information content (AvgIpc) is 2.82. The zero-order chi connectivity index (χ0) is 28.3. The van der Waals surface area contributed by atoms with Gasteiger partial charge < -0.3 is 18.3 Å². The summed E-state index contributed by atoms with van der Waals surface area (Å²) in [5.41, 5.74) is 4.98. The van der Waals surface area contributed by atoms with Crippen molar-refractivity contribution in [3.05, 3.63) is 82.9 Å².